The molecular weight excluding hydrogens is 323 g/mol. The van der Waals surface area contributed by atoms with Crippen LogP contribution in [0.1, 0.15) is 18.9 Å². The fourth-order valence-electron chi connectivity index (χ4n) is 4.40. The molecule has 1 aromatic carbocycles. The van der Waals surface area contributed by atoms with Gasteiger partial charge in [-0.1, -0.05) is 19.1 Å². The van der Waals surface area contributed by atoms with Gasteiger partial charge in [-0.3, -0.25) is 9.59 Å². The Morgan fingerprint density at radius 3 is 2.83 bits per heavy atom. The van der Waals surface area contributed by atoms with Crippen LogP contribution in [0.4, 0.5) is 24.5 Å². The van der Waals surface area contributed by atoms with Gasteiger partial charge in [0, 0.05) is 24.5 Å². The highest BCUT2D eigenvalue weighted by Gasteiger charge is 2.55. The van der Waals surface area contributed by atoms with Gasteiger partial charge in [0.05, 0.1) is 17.9 Å². The van der Waals surface area contributed by atoms with Gasteiger partial charge in [-0.25, -0.2) is 0 Å². The number of nitrogens with one attached hydrogen (secondary N) is 1. The van der Waals surface area contributed by atoms with E-state index in [0.29, 0.717) is 12.1 Å². The second-order valence-electron chi connectivity index (χ2n) is 6.82. The molecule has 2 atom stereocenters. The van der Waals surface area contributed by atoms with Gasteiger partial charge in [-0.2, -0.15) is 13.2 Å². The highest BCUT2D eigenvalue weighted by Crippen LogP contribution is 2.52. The summed E-state index contributed by atoms with van der Waals surface area (Å²) >= 11 is 0. The molecular formula is C16H16F3N3O2. The molecule has 3 heterocycles. The normalized spacial score (nSPS) is 28.3. The number of para-hydroxylation sites is 1. The SMILES string of the molecule is CC12CN(C(=O)C(F)(F)F)CCC1N1CC(=O)Nc3cccc2c31. The first-order chi connectivity index (χ1) is 11.2. The van der Waals surface area contributed by atoms with E-state index in [0.717, 1.165) is 16.2 Å². The van der Waals surface area contributed by atoms with E-state index >= 15 is 0 Å². The number of hydrogen-bond donors (Lipinski definition) is 1. The molecule has 1 N–H and O–H groups in total. The number of amides is 2. The number of halogens is 3. The van der Waals surface area contributed by atoms with Crippen molar-refractivity contribution < 1.29 is 22.8 Å². The summed E-state index contributed by atoms with van der Waals surface area (Å²) in [6.07, 6.45) is -4.46. The topological polar surface area (TPSA) is 52.7 Å². The molecule has 1 aromatic rings. The minimum atomic E-state index is -4.86. The maximum absolute atomic E-state index is 12.8. The zero-order valence-electron chi connectivity index (χ0n) is 13.0. The van der Waals surface area contributed by atoms with E-state index in [1.165, 1.54) is 0 Å². The number of hydrogen-bond acceptors (Lipinski definition) is 3. The number of carbonyl (C=O) groups excluding carboxylic acids is 2. The Balaban J connectivity index is 1.76. The molecule has 2 unspecified atom stereocenters. The van der Waals surface area contributed by atoms with Crippen molar-refractivity contribution in [3.63, 3.8) is 0 Å². The third-order valence-corrected chi connectivity index (χ3v) is 5.36. The lowest BCUT2D eigenvalue weighted by Crippen LogP contribution is -2.59. The van der Waals surface area contributed by atoms with Gasteiger partial charge in [0.2, 0.25) is 5.91 Å². The van der Waals surface area contributed by atoms with Crippen LogP contribution in [0.3, 0.4) is 0 Å². The second-order valence-corrected chi connectivity index (χ2v) is 6.82. The predicted octanol–water partition coefficient (Wildman–Crippen LogP) is 1.88. The van der Waals surface area contributed by atoms with Crippen LogP contribution in [0, 0.1) is 0 Å². The van der Waals surface area contributed by atoms with Crippen LogP contribution in [0.5, 0.6) is 0 Å². The first-order valence-electron chi connectivity index (χ1n) is 7.78. The van der Waals surface area contributed by atoms with Crippen molar-refractivity contribution in [2.75, 3.05) is 29.9 Å². The van der Waals surface area contributed by atoms with Crippen molar-refractivity contribution >= 4 is 23.2 Å². The average molecular weight is 339 g/mol. The average Bonchev–Trinajstić information content (AvgIpc) is 2.75. The van der Waals surface area contributed by atoms with Crippen LogP contribution >= 0.6 is 0 Å². The summed E-state index contributed by atoms with van der Waals surface area (Å²) in [6, 6.07) is 5.38. The maximum atomic E-state index is 12.8. The Kier molecular flexibility index (Phi) is 2.96. The van der Waals surface area contributed by atoms with Crippen LogP contribution in [0.2, 0.25) is 0 Å². The molecule has 2 amide bonds. The van der Waals surface area contributed by atoms with Crippen molar-refractivity contribution in [3.8, 4) is 0 Å². The van der Waals surface area contributed by atoms with Crippen LogP contribution in [-0.2, 0) is 15.0 Å². The Labute approximate surface area is 136 Å². The van der Waals surface area contributed by atoms with E-state index in [4.69, 9.17) is 0 Å². The largest absolute Gasteiger partial charge is 0.471 e. The molecule has 24 heavy (non-hydrogen) atoms. The minimum Gasteiger partial charge on any atom is -0.356 e. The molecule has 1 saturated heterocycles. The van der Waals surface area contributed by atoms with Gasteiger partial charge in [0.1, 0.15) is 0 Å². The third-order valence-electron chi connectivity index (χ3n) is 5.36. The van der Waals surface area contributed by atoms with Crippen molar-refractivity contribution in [2.45, 2.75) is 31.0 Å². The standard InChI is InChI=1S/C16H16F3N3O2/c1-15-8-21(14(24)16(17,18)19)6-5-11(15)22-7-12(23)20-10-4-2-3-9(15)13(10)22/h2-4,11H,5-8H2,1H3,(H,20,23). The van der Waals surface area contributed by atoms with Gasteiger partial charge in [-0.15, -0.1) is 0 Å². The Morgan fingerprint density at radius 2 is 2.12 bits per heavy atom. The van der Waals surface area contributed by atoms with Crippen LogP contribution in [-0.4, -0.2) is 48.6 Å². The summed E-state index contributed by atoms with van der Waals surface area (Å²) in [4.78, 5) is 26.5. The van der Waals surface area contributed by atoms with Gasteiger partial charge < -0.3 is 15.1 Å². The zero-order chi connectivity index (χ0) is 17.3. The summed E-state index contributed by atoms with van der Waals surface area (Å²) in [5.74, 6) is -1.92. The van der Waals surface area contributed by atoms with E-state index in [2.05, 4.69) is 5.32 Å². The minimum absolute atomic E-state index is 0.00282. The monoisotopic (exact) mass is 339 g/mol. The number of anilines is 2. The lowest BCUT2D eigenvalue weighted by atomic mass is 9.74. The highest BCUT2D eigenvalue weighted by molar-refractivity contribution is 6.03. The molecule has 3 aliphatic heterocycles. The molecule has 1 fully saturated rings. The number of benzene rings is 1. The summed E-state index contributed by atoms with van der Waals surface area (Å²) < 4.78 is 38.4. The first kappa shape index (κ1) is 15.3. The lowest BCUT2D eigenvalue weighted by Gasteiger charge is -2.45. The zero-order valence-corrected chi connectivity index (χ0v) is 13.0. The van der Waals surface area contributed by atoms with Gasteiger partial charge in [-0.05, 0) is 18.1 Å². The van der Waals surface area contributed by atoms with Crippen LogP contribution in [0.25, 0.3) is 0 Å². The molecule has 0 bridgehead atoms. The molecule has 128 valence electrons. The van der Waals surface area contributed by atoms with Crippen molar-refractivity contribution in [2.24, 2.45) is 0 Å². The summed E-state index contributed by atoms with van der Waals surface area (Å²) in [5.41, 5.74) is 1.83. The molecule has 0 saturated carbocycles. The van der Waals surface area contributed by atoms with E-state index in [1.54, 1.807) is 12.1 Å². The van der Waals surface area contributed by atoms with Gasteiger partial charge >= 0.3 is 12.1 Å². The molecule has 0 radical (unpaired) electrons. The maximum Gasteiger partial charge on any atom is 0.471 e. The number of likely N-dealkylation sites (tertiary alicyclic amines) is 1. The summed E-state index contributed by atoms with van der Waals surface area (Å²) in [6.45, 7) is 2.11. The summed E-state index contributed by atoms with van der Waals surface area (Å²) in [7, 11) is 0. The molecule has 0 aromatic heterocycles. The lowest BCUT2D eigenvalue weighted by molar-refractivity contribution is -0.187. The Bertz CT molecular complexity index is 749. The fraction of sp³-hybridized carbons (Fsp3) is 0.500. The van der Waals surface area contributed by atoms with Gasteiger partial charge in [0.25, 0.3) is 0 Å². The number of nitrogens with zero attached hydrogens (tertiary/aromatic N) is 2. The molecule has 3 aliphatic rings. The number of piperidine rings is 1. The van der Waals surface area contributed by atoms with Crippen LogP contribution in [0.15, 0.2) is 18.2 Å². The van der Waals surface area contributed by atoms with E-state index in [9.17, 15) is 22.8 Å². The van der Waals surface area contributed by atoms with E-state index in [-0.39, 0.29) is 31.6 Å². The summed E-state index contributed by atoms with van der Waals surface area (Å²) in [5, 5.41) is 2.82. The van der Waals surface area contributed by atoms with Crippen molar-refractivity contribution in [1.29, 1.82) is 0 Å². The third kappa shape index (κ3) is 1.94. The number of rotatable bonds is 0. The smallest absolute Gasteiger partial charge is 0.356 e. The van der Waals surface area contributed by atoms with Crippen molar-refractivity contribution in [3.05, 3.63) is 23.8 Å². The van der Waals surface area contributed by atoms with Crippen molar-refractivity contribution in [1.82, 2.24) is 4.90 Å². The molecule has 0 aliphatic carbocycles. The quantitative estimate of drug-likeness (QED) is 0.785. The second kappa shape index (κ2) is 4.64. The number of alkyl halides is 3. The number of fused-ring (bicyclic) bond motifs is 3. The highest BCUT2D eigenvalue weighted by atomic mass is 19.4. The predicted molar refractivity (Wildman–Crippen MR) is 80.8 cm³/mol. The number of carbonyl (C=O) groups is 2. The van der Waals surface area contributed by atoms with Crippen LogP contribution < -0.4 is 10.2 Å². The first-order valence-corrected chi connectivity index (χ1v) is 7.78. The molecule has 5 nitrogen and oxygen atoms in total. The molecule has 0 spiro atoms. The van der Waals surface area contributed by atoms with E-state index < -0.39 is 17.5 Å². The Hall–Kier alpha value is -2.25. The molecule has 8 heteroatoms. The van der Waals surface area contributed by atoms with E-state index in [1.807, 2.05) is 17.9 Å². The van der Waals surface area contributed by atoms with Gasteiger partial charge in [0.15, 0.2) is 0 Å². The molecule has 4 rings (SSSR count). The fourth-order valence-corrected chi connectivity index (χ4v) is 4.40. The Morgan fingerprint density at radius 1 is 1.38 bits per heavy atom.